The summed E-state index contributed by atoms with van der Waals surface area (Å²) < 4.78 is 0. The Hall–Kier alpha value is -1.10. The highest BCUT2D eigenvalue weighted by atomic mass is 16.2. The first kappa shape index (κ1) is 13.9. The minimum atomic E-state index is -0.704. The largest absolute Gasteiger partial charge is 0.369 e. The molecule has 15 heavy (non-hydrogen) atoms. The van der Waals surface area contributed by atoms with E-state index >= 15 is 0 Å². The molecule has 1 atom stereocenters. The van der Waals surface area contributed by atoms with Gasteiger partial charge in [0.05, 0.1) is 5.41 Å². The van der Waals surface area contributed by atoms with E-state index in [1.807, 2.05) is 6.92 Å². The van der Waals surface area contributed by atoms with Crippen LogP contribution < -0.4 is 16.8 Å². The Balaban J connectivity index is 3.85. The molecule has 0 aromatic rings. The molecular formula is C10H21N3O2. The van der Waals surface area contributed by atoms with Crippen LogP contribution in [0.3, 0.4) is 0 Å². The summed E-state index contributed by atoms with van der Waals surface area (Å²) in [6.07, 6.45) is 1.02. The Labute approximate surface area is 90.6 Å². The molecule has 0 aromatic heterocycles. The van der Waals surface area contributed by atoms with E-state index in [4.69, 9.17) is 11.5 Å². The third-order valence-corrected chi connectivity index (χ3v) is 2.22. The quantitative estimate of drug-likeness (QED) is 0.569. The lowest BCUT2D eigenvalue weighted by atomic mass is 9.93. The van der Waals surface area contributed by atoms with Crippen LogP contribution in [-0.4, -0.2) is 24.4 Å². The van der Waals surface area contributed by atoms with Crippen LogP contribution in [0.15, 0.2) is 0 Å². The molecule has 0 aromatic carbocycles. The van der Waals surface area contributed by atoms with E-state index in [1.165, 1.54) is 0 Å². The van der Waals surface area contributed by atoms with Crippen molar-refractivity contribution in [1.82, 2.24) is 5.32 Å². The molecular weight excluding hydrogens is 194 g/mol. The van der Waals surface area contributed by atoms with Gasteiger partial charge in [0.2, 0.25) is 11.8 Å². The lowest BCUT2D eigenvalue weighted by molar-refractivity contribution is -0.127. The zero-order valence-electron chi connectivity index (χ0n) is 9.67. The third-order valence-electron chi connectivity index (χ3n) is 2.22. The summed E-state index contributed by atoms with van der Waals surface area (Å²) in [5.74, 6) is -0.517. The minimum Gasteiger partial charge on any atom is -0.369 e. The number of nitrogens with two attached hydrogens (primary N) is 2. The maximum atomic E-state index is 11.3. The SMILES string of the molecule is CC(N)CCC(=O)NCC(C)(C)C(N)=O. The van der Waals surface area contributed by atoms with Crippen molar-refractivity contribution >= 4 is 11.8 Å². The zero-order chi connectivity index (χ0) is 12.1. The van der Waals surface area contributed by atoms with Crippen molar-refractivity contribution in [3.63, 3.8) is 0 Å². The summed E-state index contributed by atoms with van der Waals surface area (Å²) in [7, 11) is 0. The van der Waals surface area contributed by atoms with Gasteiger partial charge >= 0.3 is 0 Å². The predicted molar refractivity (Wildman–Crippen MR) is 58.9 cm³/mol. The first-order chi connectivity index (χ1) is 6.75. The van der Waals surface area contributed by atoms with Gasteiger partial charge < -0.3 is 16.8 Å². The van der Waals surface area contributed by atoms with E-state index in [0.717, 1.165) is 0 Å². The van der Waals surface area contributed by atoms with Crippen molar-refractivity contribution < 1.29 is 9.59 Å². The fourth-order valence-electron chi connectivity index (χ4n) is 0.854. The zero-order valence-corrected chi connectivity index (χ0v) is 9.67. The number of nitrogens with one attached hydrogen (secondary N) is 1. The third kappa shape index (κ3) is 6.06. The first-order valence-corrected chi connectivity index (χ1v) is 5.08. The summed E-state index contributed by atoms with van der Waals surface area (Å²) in [4.78, 5) is 22.2. The molecule has 0 aliphatic carbocycles. The molecule has 0 aliphatic heterocycles. The molecule has 0 saturated carbocycles. The summed E-state index contributed by atoms with van der Waals surface area (Å²) in [6.45, 7) is 5.50. The Bertz CT molecular complexity index is 237. The second-order valence-corrected chi connectivity index (χ2v) is 4.54. The van der Waals surface area contributed by atoms with Gasteiger partial charge in [-0.2, -0.15) is 0 Å². The van der Waals surface area contributed by atoms with Crippen LogP contribution in [0.5, 0.6) is 0 Å². The van der Waals surface area contributed by atoms with Gasteiger partial charge in [-0.15, -0.1) is 0 Å². The highest BCUT2D eigenvalue weighted by molar-refractivity contribution is 5.82. The van der Waals surface area contributed by atoms with Crippen LogP contribution in [-0.2, 0) is 9.59 Å². The van der Waals surface area contributed by atoms with Crippen LogP contribution in [0.2, 0.25) is 0 Å². The van der Waals surface area contributed by atoms with E-state index in [0.29, 0.717) is 12.8 Å². The van der Waals surface area contributed by atoms with Crippen LogP contribution in [0.25, 0.3) is 0 Å². The number of carbonyl (C=O) groups excluding carboxylic acids is 2. The maximum Gasteiger partial charge on any atom is 0.224 e. The van der Waals surface area contributed by atoms with E-state index in [1.54, 1.807) is 13.8 Å². The molecule has 0 radical (unpaired) electrons. The Morgan fingerprint density at radius 1 is 1.40 bits per heavy atom. The number of hydrogen-bond acceptors (Lipinski definition) is 3. The average Bonchev–Trinajstić information content (AvgIpc) is 2.11. The molecule has 0 heterocycles. The van der Waals surface area contributed by atoms with Gasteiger partial charge in [-0.05, 0) is 27.2 Å². The van der Waals surface area contributed by atoms with E-state index in [-0.39, 0.29) is 18.5 Å². The fraction of sp³-hybridized carbons (Fsp3) is 0.800. The number of hydrogen-bond donors (Lipinski definition) is 3. The molecule has 0 spiro atoms. The maximum absolute atomic E-state index is 11.3. The van der Waals surface area contributed by atoms with E-state index in [9.17, 15) is 9.59 Å². The van der Waals surface area contributed by atoms with Crippen molar-refractivity contribution in [2.75, 3.05) is 6.54 Å². The molecule has 0 aliphatic rings. The van der Waals surface area contributed by atoms with Crippen molar-refractivity contribution in [1.29, 1.82) is 0 Å². The normalized spacial score (nSPS) is 13.3. The Morgan fingerprint density at radius 2 is 1.93 bits per heavy atom. The molecule has 0 rings (SSSR count). The number of primary amides is 1. The molecule has 5 N–H and O–H groups in total. The van der Waals surface area contributed by atoms with E-state index < -0.39 is 11.3 Å². The monoisotopic (exact) mass is 215 g/mol. The predicted octanol–water partition coefficient (Wildman–Crippen LogP) is -0.258. The van der Waals surface area contributed by atoms with Crippen LogP contribution in [0, 0.1) is 5.41 Å². The fourth-order valence-corrected chi connectivity index (χ4v) is 0.854. The summed E-state index contributed by atoms with van der Waals surface area (Å²) >= 11 is 0. The van der Waals surface area contributed by atoms with Gasteiger partial charge in [0.15, 0.2) is 0 Å². The van der Waals surface area contributed by atoms with Gasteiger partial charge in [0.25, 0.3) is 0 Å². The van der Waals surface area contributed by atoms with Crippen LogP contribution in [0.4, 0.5) is 0 Å². The van der Waals surface area contributed by atoms with Gasteiger partial charge in [0, 0.05) is 19.0 Å². The summed E-state index contributed by atoms with van der Waals surface area (Å²) in [6, 6.07) is 0.0138. The van der Waals surface area contributed by atoms with Gasteiger partial charge in [-0.1, -0.05) is 0 Å². The second-order valence-electron chi connectivity index (χ2n) is 4.54. The molecule has 0 bridgehead atoms. The topological polar surface area (TPSA) is 98.2 Å². The van der Waals surface area contributed by atoms with Crippen LogP contribution >= 0.6 is 0 Å². The molecule has 88 valence electrons. The summed E-state index contributed by atoms with van der Waals surface area (Å²) in [5, 5.41) is 2.66. The highest BCUT2D eigenvalue weighted by Crippen LogP contribution is 2.11. The van der Waals surface area contributed by atoms with Gasteiger partial charge in [0.1, 0.15) is 0 Å². The Kier molecular flexibility index (Phi) is 5.28. The van der Waals surface area contributed by atoms with E-state index in [2.05, 4.69) is 5.32 Å². The van der Waals surface area contributed by atoms with Crippen molar-refractivity contribution in [2.24, 2.45) is 16.9 Å². The number of carbonyl (C=O) groups is 2. The summed E-state index contributed by atoms with van der Waals surface area (Å²) in [5.41, 5.74) is 9.98. The second kappa shape index (κ2) is 5.70. The van der Waals surface area contributed by atoms with Gasteiger partial charge in [-0.3, -0.25) is 9.59 Å². The molecule has 5 nitrogen and oxygen atoms in total. The highest BCUT2D eigenvalue weighted by Gasteiger charge is 2.25. The molecule has 0 fully saturated rings. The molecule has 0 saturated heterocycles. The molecule has 1 unspecified atom stereocenters. The standard InChI is InChI=1S/C10H21N3O2/c1-7(11)4-5-8(14)13-6-10(2,3)9(12)15/h7H,4-6,11H2,1-3H3,(H2,12,15)(H,13,14). The lowest BCUT2D eigenvalue weighted by Crippen LogP contribution is -2.42. The molecule has 5 heteroatoms. The first-order valence-electron chi connectivity index (χ1n) is 5.08. The smallest absolute Gasteiger partial charge is 0.224 e. The van der Waals surface area contributed by atoms with Crippen LogP contribution in [0.1, 0.15) is 33.6 Å². The molecule has 2 amide bonds. The lowest BCUT2D eigenvalue weighted by Gasteiger charge is -2.20. The van der Waals surface area contributed by atoms with Crippen molar-refractivity contribution in [3.8, 4) is 0 Å². The Morgan fingerprint density at radius 3 is 2.33 bits per heavy atom. The van der Waals surface area contributed by atoms with Gasteiger partial charge in [-0.25, -0.2) is 0 Å². The minimum absolute atomic E-state index is 0.0138. The number of amides is 2. The average molecular weight is 215 g/mol. The van der Waals surface area contributed by atoms with Crippen molar-refractivity contribution in [3.05, 3.63) is 0 Å². The number of rotatable bonds is 6. The van der Waals surface area contributed by atoms with Crippen molar-refractivity contribution in [2.45, 2.75) is 39.7 Å².